The maximum Gasteiger partial charge on any atom is 0.0620 e. The summed E-state index contributed by atoms with van der Waals surface area (Å²) in [5.41, 5.74) is 51.7. The molecule has 660 valence electrons. The molecule has 0 fully saturated rings. The first-order valence-electron chi connectivity index (χ1n) is 51.2. The minimum Gasteiger partial charge on any atom is -0.309 e. The molecule has 142 heavy (non-hydrogen) atoms. The van der Waals surface area contributed by atoms with E-state index >= 15 is 0 Å². The zero-order valence-electron chi connectivity index (χ0n) is 80.8. The number of hydrogen-bond acceptors (Lipinski definition) is 0. The molecule has 4 nitrogen and oxygen atoms in total. The lowest BCUT2D eigenvalue weighted by Gasteiger charge is -2.22. The van der Waals surface area contributed by atoms with Gasteiger partial charge < -0.3 is 17.8 Å². The first kappa shape index (κ1) is 76.1. The Morgan fingerprint density at radius 2 is 0.437 bits per heavy atom. The molecule has 29 aromatic rings. The Balaban J connectivity index is 0.0000000992. The molecule has 4 aliphatic carbocycles. The van der Waals surface area contributed by atoms with Gasteiger partial charge in [0.25, 0.3) is 0 Å². The first-order chi connectivity index (χ1) is 71.5. The molecule has 0 N–H and O–H groups in total. The maximum atomic E-state index is 8.66. The van der Waals surface area contributed by atoms with E-state index in [1.165, 1.54) is 281 Å². The monoisotopic (exact) mass is 1800 g/mol. The molecule has 0 spiro atoms. The highest BCUT2D eigenvalue weighted by Crippen LogP contribution is 2.56. The second kappa shape index (κ2) is 30.0. The van der Waals surface area contributed by atoms with Crippen LogP contribution in [0.15, 0.2) is 461 Å². The highest BCUT2D eigenvalue weighted by Gasteiger charge is 2.37. The highest BCUT2D eigenvalue weighted by molar-refractivity contribution is 6.27. The fourth-order valence-electron chi connectivity index (χ4n) is 26.2. The molecular weight excluding hydrogens is 1710 g/mol. The predicted molar refractivity (Wildman–Crippen MR) is 598 cm³/mol. The van der Waals surface area contributed by atoms with E-state index in [4.69, 9.17) is 4.11 Å². The quantitative estimate of drug-likeness (QED) is 0.144. The topological polar surface area (TPSA) is 18.2 Å². The normalized spacial score (nSPS) is 14.2. The van der Waals surface area contributed by atoms with E-state index in [0.29, 0.717) is 0 Å². The van der Waals surface area contributed by atoms with Crippen molar-refractivity contribution in [1.29, 1.82) is 0 Å². The number of para-hydroxylation sites is 8. The smallest absolute Gasteiger partial charge is 0.0620 e. The summed E-state index contributed by atoms with van der Waals surface area (Å²) in [6.07, 6.45) is 2.64. The van der Waals surface area contributed by atoms with Crippen molar-refractivity contribution < 1.29 is 4.11 Å². The Bertz CT molecular complexity index is 10500. The van der Waals surface area contributed by atoms with Gasteiger partial charge in [-0.2, -0.15) is 0 Å². The highest BCUT2D eigenvalue weighted by atomic mass is 15.0. The van der Waals surface area contributed by atoms with E-state index in [9.17, 15) is 0 Å². The molecule has 0 saturated carbocycles. The third-order valence-corrected chi connectivity index (χ3v) is 32.5. The van der Waals surface area contributed by atoms with Crippen molar-refractivity contribution >= 4 is 136 Å². The average Bonchev–Trinajstić information content (AvgIpc) is 1.56. The molecule has 7 heterocycles. The van der Waals surface area contributed by atoms with Gasteiger partial charge in [0.2, 0.25) is 0 Å². The van der Waals surface area contributed by atoms with Crippen LogP contribution in [-0.4, -0.2) is 17.8 Å². The zero-order valence-corrected chi connectivity index (χ0v) is 77.8. The molecule has 0 radical (unpaired) electrons. The molecule has 22 aromatic carbocycles. The SMILES string of the molecule is [2H]C([2H])([2H])C1(C)c2ccccc2-c2ccc(-c3cccc4c3Cc3c(-c5ccc6c7cccc8c9ccccc9n(c6c5)c87)cccc3-4)cc21.c1cc(-c2ccc3c4cccc5c6ccccc6n(c3c2)c54)c2c(c1)-c1cccc(-n3c4ccccc4c4ccccc43)c1C2.c1ccc(-c2ccc(-c3cccc(-c4cccc5c4Cc4c(-c6ccc7c8cccc9c%10ccccc%10n(c7c6)c98)cccc4-5)c3)cc2)cc1. The third kappa shape index (κ3) is 11.3. The number of aromatic nitrogens is 4. The summed E-state index contributed by atoms with van der Waals surface area (Å²) in [4.78, 5) is 0. The van der Waals surface area contributed by atoms with E-state index in [0.717, 1.165) is 47.1 Å². The third-order valence-electron chi connectivity index (χ3n) is 32.5. The van der Waals surface area contributed by atoms with E-state index in [1.54, 1.807) is 0 Å². The molecule has 0 saturated heterocycles. The Labute approximate surface area is 824 Å². The molecular formula is C138H88N4. The minimum absolute atomic E-state index is 0.818. The Kier molecular flexibility index (Phi) is 16.1. The van der Waals surface area contributed by atoms with Gasteiger partial charge in [-0.15, -0.1) is 0 Å². The van der Waals surface area contributed by atoms with Gasteiger partial charge in [-0.3, -0.25) is 0 Å². The summed E-state index contributed by atoms with van der Waals surface area (Å²) in [7, 11) is 0. The molecule has 0 amide bonds. The first-order valence-corrected chi connectivity index (χ1v) is 49.7. The molecule has 33 rings (SSSR count). The van der Waals surface area contributed by atoms with Crippen molar-refractivity contribution in [3.05, 3.63) is 506 Å². The summed E-state index contributed by atoms with van der Waals surface area (Å²) < 4.78 is 35.9. The number of fused-ring (bicyclic) bond motifs is 33. The van der Waals surface area contributed by atoms with E-state index in [2.05, 4.69) is 461 Å². The fraction of sp³-hybridized carbons (Fsp3) is 0.0435. The van der Waals surface area contributed by atoms with Crippen molar-refractivity contribution in [2.45, 2.75) is 38.5 Å². The summed E-state index contributed by atoms with van der Waals surface area (Å²) >= 11 is 0. The van der Waals surface area contributed by atoms with Crippen LogP contribution < -0.4 is 0 Å². The largest absolute Gasteiger partial charge is 0.309 e. The molecule has 7 aromatic heterocycles. The van der Waals surface area contributed by atoms with Gasteiger partial charge in [0, 0.05) is 91.4 Å². The maximum absolute atomic E-state index is 8.66. The van der Waals surface area contributed by atoms with Crippen LogP contribution in [0.5, 0.6) is 0 Å². The Morgan fingerprint density at radius 3 is 0.859 bits per heavy atom. The average molecular weight is 1810 g/mol. The van der Waals surface area contributed by atoms with Crippen LogP contribution >= 0.6 is 0 Å². The van der Waals surface area contributed by atoms with Gasteiger partial charge in [-0.1, -0.05) is 408 Å². The van der Waals surface area contributed by atoms with Crippen LogP contribution in [-0.2, 0) is 24.7 Å². The summed E-state index contributed by atoms with van der Waals surface area (Å²) in [6, 6.07) is 169. The number of benzene rings is 22. The van der Waals surface area contributed by atoms with Gasteiger partial charge in [0.05, 0.1) is 66.4 Å². The number of rotatable bonds is 8. The molecule has 1 unspecified atom stereocenters. The number of nitrogens with zero attached hydrogens (tertiary/aromatic N) is 4. The van der Waals surface area contributed by atoms with Gasteiger partial charge in [-0.05, 0) is 246 Å². The van der Waals surface area contributed by atoms with E-state index < -0.39 is 12.3 Å². The lowest BCUT2D eigenvalue weighted by atomic mass is 9.81. The molecule has 4 aliphatic rings. The fourth-order valence-corrected chi connectivity index (χ4v) is 26.2. The van der Waals surface area contributed by atoms with Gasteiger partial charge >= 0.3 is 0 Å². The van der Waals surface area contributed by atoms with Gasteiger partial charge in [-0.25, -0.2) is 0 Å². The Hall–Kier alpha value is -18.0. The molecule has 0 aliphatic heterocycles. The van der Waals surface area contributed by atoms with Crippen LogP contribution in [0.1, 0.15) is 62.4 Å². The molecule has 0 bridgehead atoms. The van der Waals surface area contributed by atoms with Crippen molar-refractivity contribution in [1.82, 2.24) is 17.8 Å². The molecule has 1 atom stereocenters. The predicted octanol–water partition coefficient (Wildman–Crippen LogP) is 36.3. The minimum atomic E-state index is -2.19. The zero-order chi connectivity index (χ0) is 95.5. The van der Waals surface area contributed by atoms with Crippen molar-refractivity contribution in [3.63, 3.8) is 0 Å². The van der Waals surface area contributed by atoms with Crippen molar-refractivity contribution in [2.24, 2.45) is 0 Å². The second-order valence-corrected chi connectivity index (χ2v) is 39.7. The lowest BCUT2D eigenvalue weighted by molar-refractivity contribution is 0.660. The van der Waals surface area contributed by atoms with Crippen LogP contribution in [0.4, 0.5) is 0 Å². The van der Waals surface area contributed by atoms with Crippen LogP contribution in [0.25, 0.3) is 264 Å². The lowest BCUT2D eigenvalue weighted by Crippen LogP contribution is -2.14. The van der Waals surface area contributed by atoms with Crippen molar-refractivity contribution in [3.8, 4) is 128 Å². The summed E-state index contributed by atoms with van der Waals surface area (Å²) in [6.45, 7) is -0.296. The van der Waals surface area contributed by atoms with Gasteiger partial charge in [0.1, 0.15) is 0 Å². The van der Waals surface area contributed by atoms with Gasteiger partial charge in [0.15, 0.2) is 0 Å². The second-order valence-electron chi connectivity index (χ2n) is 39.7. The summed E-state index contributed by atoms with van der Waals surface area (Å²) in [5.74, 6) is 0. The standard InChI is InChI=1S/C49H31N.C46H31N.C43H26N2/c1-2-10-31(11-3-1)32-22-24-33(25-23-32)34-12-6-13-35(28-34)37-15-7-17-39-40-18-8-16-38(46(40)30-45(37)39)36-26-27-42-44-20-9-19-43-41-14-4-5-21-47(41)50(49(43)44)48(42)29-36;1-46(2)41-18-5-3-10-33(41)34-22-20-27(24-42(34)46)29-12-7-14-31-32-15-8-13-30(40(32)26-39(29)31)28-21-23-36-38-17-9-16-37-35-11-4-6-19-43(35)47(45(37)38)44(36)25-28;1-4-18-38-30(10-1)31-11-2-5-19-39(31)44(38)41-21-9-15-29-28-14-7-13-27(36(28)25-37(29)41)26-22-23-33-35-17-8-16-34-32-12-3-6-20-40(32)45(43(34)35)42(33)24-26/h1-29H,30H2;3-25H,26H2,1-2H3;1-24H,25H2/i;1D3;. The van der Waals surface area contributed by atoms with E-state index in [1.807, 2.05) is 25.1 Å². The number of hydrogen-bond donors (Lipinski definition) is 0. The van der Waals surface area contributed by atoms with Crippen molar-refractivity contribution in [2.75, 3.05) is 0 Å². The van der Waals surface area contributed by atoms with Crippen LogP contribution in [0, 0.1) is 0 Å². The van der Waals surface area contributed by atoms with Crippen LogP contribution in [0.2, 0.25) is 0 Å². The summed E-state index contributed by atoms with van der Waals surface area (Å²) in [5, 5.41) is 18.3. The Morgan fingerprint density at radius 1 is 0.176 bits per heavy atom. The van der Waals surface area contributed by atoms with E-state index in [-0.39, 0.29) is 0 Å². The van der Waals surface area contributed by atoms with Crippen LogP contribution in [0.3, 0.4) is 0 Å². The molecule has 4 heteroatoms.